The number of halogens is 1. The molecule has 0 saturated carbocycles. The molecule has 0 aliphatic heterocycles. The van der Waals surface area contributed by atoms with Crippen LogP contribution in [0.15, 0.2) is 34.7 Å². The fourth-order valence-electron chi connectivity index (χ4n) is 1.57. The topological polar surface area (TPSA) is 34.4 Å². The normalized spacial score (nSPS) is 10.3. The van der Waals surface area contributed by atoms with Crippen LogP contribution in [0, 0.1) is 10.7 Å². The van der Waals surface area contributed by atoms with Gasteiger partial charge in [-0.25, -0.2) is 0 Å². The predicted octanol–water partition coefficient (Wildman–Crippen LogP) is 3.81. The minimum Gasteiger partial charge on any atom is -0.495 e. The SMILES string of the molecule is COc1cc(C)ccc1NCc1ccc(I)o1. The Morgan fingerprint density at radius 2 is 2.12 bits per heavy atom. The molecule has 1 aromatic carbocycles. The Morgan fingerprint density at radius 3 is 2.76 bits per heavy atom. The number of furan rings is 1. The largest absolute Gasteiger partial charge is 0.495 e. The van der Waals surface area contributed by atoms with Gasteiger partial charge in [0.05, 0.1) is 19.3 Å². The van der Waals surface area contributed by atoms with Crippen LogP contribution in [0.3, 0.4) is 0 Å². The Hall–Kier alpha value is -1.17. The van der Waals surface area contributed by atoms with Gasteiger partial charge in [0.15, 0.2) is 3.77 Å². The van der Waals surface area contributed by atoms with Gasteiger partial charge in [0, 0.05) is 0 Å². The van der Waals surface area contributed by atoms with E-state index >= 15 is 0 Å². The summed E-state index contributed by atoms with van der Waals surface area (Å²) in [4.78, 5) is 0. The van der Waals surface area contributed by atoms with E-state index in [-0.39, 0.29) is 0 Å². The summed E-state index contributed by atoms with van der Waals surface area (Å²) in [5.41, 5.74) is 2.16. The molecule has 4 heteroatoms. The molecule has 3 nitrogen and oxygen atoms in total. The molecule has 1 heterocycles. The third kappa shape index (κ3) is 3.15. The maximum absolute atomic E-state index is 5.49. The summed E-state index contributed by atoms with van der Waals surface area (Å²) in [6.45, 7) is 2.70. The van der Waals surface area contributed by atoms with Gasteiger partial charge >= 0.3 is 0 Å². The van der Waals surface area contributed by atoms with Gasteiger partial charge in [0.1, 0.15) is 11.5 Å². The second-order valence-electron chi connectivity index (χ2n) is 3.76. The molecule has 17 heavy (non-hydrogen) atoms. The zero-order valence-corrected chi connectivity index (χ0v) is 11.9. The van der Waals surface area contributed by atoms with Crippen LogP contribution >= 0.6 is 22.6 Å². The number of hydrogen-bond acceptors (Lipinski definition) is 3. The van der Waals surface area contributed by atoms with Crippen molar-refractivity contribution in [2.75, 3.05) is 12.4 Å². The van der Waals surface area contributed by atoms with Crippen molar-refractivity contribution in [1.82, 2.24) is 0 Å². The summed E-state index contributed by atoms with van der Waals surface area (Å²) in [6.07, 6.45) is 0. The summed E-state index contributed by atoms with van der Waals surface area (Å²) < 4.78 is 11.7. The Labute approximate surface area is 114 Å². The molecule has 0 radical (unpaired) electrons. The summed E-state index contributed by atoms with van der Waals surface area (Å²) in [6, 6.07) is 9.99. The first kappa shape index (κ1) is 12.3. The average Bonchev–Trinajstić information content (AvgIpc) is 2.73. The molecule has 0 atom stereocenters. The molecule has 1 aromatic heterocycles. The molecule has 1 N–H and O–H groups in total. The third-order valence-corrected chi connectivity index (χ3v) is 3.02. The molecule has 0 spiro atoms. The van der Waals surface area contributed by atoms with E-state index in [9.17, 15) is 0 Å². The number of anilines is 1. The number of aryl methyl sites for hydroxylation is 1. The molecule has 0 unspecified atom stereocenters. The van der Waals surface area contributed by atoms with Crippen LogP contribution in [-0.2, 0) is 6.54 Å². The van der Waals surface area contributed by atoms with Gasteiger partial charge in [-0.1, -0.05) is 6.07 Å². The van der Waals surface area contributed by atoms with E-state index in [4.69, 9.17) is 9.15 Å². The number of rotatable bonds is 4. The number of hydrogen-bond donors (Lipinski definition) is 1. The molecule has 0 saturated heterocycles. The highest BCUT2D eigenvalue weighted by Gasteiger charge is 2.04. The molecule has 90 valence electrons. The van der Waals surface area contributed by atoms with Gasteiger partial charge in [-0.05, 0) is 59.3 Å². The van der Waals surface area contributed by atoms with Gasteiger partial charge < -0.3 is 14.5 Å². The van der Waals surface area contributed by atoms with Crippen LogP contribution in [0.5, 0.6) is 5.75 Å². The van der Waals surface area contributed by atoms with Crippen LogP contribution in [0.4, 0.5) is 5.69 Å². The summed E-state index contributed by atoms with van der Waals surface area (Å²) >= 11 is 2.15. The lowest BCUT2D eigenvalue weighted by atomic mass is 10.2. The zero-order chi connectivity index (χ0) is 12.3. The van der Waals surface area contributed by atoms with Gasteiger partial charge in [0.2, 0.25) is 0 Å². The van der Waals surface area contributed by atoms with E-state index in [0.29, 0.717) is 6.54 Å². The van der Waals surface area contributed by atoms with E-state index in [2.05, 4.69) is 34.0 Å². The number of nitrogens with one attached hydrogen (secondary N) is 1. The van der Waals surface area contributed by atoms with E-state index in [0.717, 1.165) is 21.0 Å². The first-order chi connectivity index (χ1) is 8.19. The lowest BCUT2D eigenvalue weighted by Gasteiger charge is -2.10. The van der Waals surface area contributed by atoms with Gasteiger partial charge in [-0.3, -0.25) is 0 Å². The maximum atomic E-state index is 5.49. The smallest absolute Gasteiger partial charge is 0.164 e. The zero-order valence-electron chi connectivity index (χ0n) is 9.79. The molecular formula is C13H14INO2. The average molecular weight is 343 g/mol. The highest BCUT2D eigenvalue weighted by atomic mass is 127. The standard InChI is InChI=1S/C13H14INO2/c1-9-3-5-11(12(7-9)16-2)15-8-10-4-6-13(14)17-10/h3-7,15H,8H2,1-2H3. The monoisotopic (exact) mass is 343 g/mol. The van der Waals surface area contributed by atoms with E-state index < -0.39 is 0 Å². The van der Waals surface area contributed by atoms with Crippen molar-refractivity contribution in [3.05, 3.63) is 45.4 Å². The Bertz CT molecular complexity index is 508. The van der Waals surface area contributed by atoms with Crippen LogP contribution in [-0.4, -0.2) is 7.11 Å². The minimum absolute atomic E-state index is 0.655. The Morgan fingerprint density at radius 1 is 1.29 bits per heavy atom. The Balaban J connectivity index is 2.08. The highest BCUT2D eigenvalue weighted by Crippen LogP contribution is 2.25. The summed E-state index contributed by atoms with van der Waals surface area (Å²) in [7, 11) is 1.68. The number of ether oxygens (including phenoxy) is 1. The number of methoxy groups -OCH3 is 1. The quantitative estimate of drug-likeness (QED) is 0.858. The molecule has 0 fully saturated rings. The number of benzene rings is 1. The maximum Gasteiger partial charge on any atom is 0.164 e. The van der Waals surface area contributed by atoms with Crippen molar-refractivity contribution in [2.45, 2.75) is 13.5 Å². The van der Waals surface area contributed by atoms with E-state index in [1.165, 1.54) is 5.56 Å². The van der Waals surface area contributed by atoms with Crippen LogP contribution in [0.1, 0.15) is 11.3 Å². The predicted molar refractivity (Wildman–Crippen MR) is 76.5 cm³/mol. The first-order valence-corrected chi connectivity index (χ1v) is 6.39. The molecular weight excluding hydrogens is 329 g/mol. The summed E-state index contributed by atoms with van der Waals surface area (Å²) in [5.74, 6) is 1.77. The van der Waals surface area contributed by atoms with E-state index in [1.807, 2.05) is 31.2 Å². The van der Waals surface area contributed by atoms with Crippen molar-refractivity contribution in [3.63, 3.8) is 0 Å². The fourth-order valence-corrected chi connectivity index (χ4v) is 2.04. The molecule has 0 amide bonds. The molecule has 2 rings (SSSR count). The summed E-state index contributed by atoms with van der Waals surface area (Å²) in [5, 5.41) is 3.30. The van der Waals surface area contributed by atoms with Crippen LogP contribution in [0.25, 0.3) is 0 Å². The molecule has 0 aliphatic carbocycles. The highest BCUT2D eigenvalue weighted by molar-refractivity contribution is 14.1. The van der Waals surface area contributed by atoms with Gasteiger partial charge in [-0.2, -0.15) is 0 Å². The van der Waals surface area contributed by atoms with Gasteiger partial charge in [-0.15, -0.1) is 0 Å². The van der Waals surface area contributed by atoms with Gasteiger partial charge in [0.25, 0.3) is 0 Å². The van der Waals surface area contributed by atoms with Crippen molar-refractivity contribution in [1.29, 1.82) is 0 Å². The molecule has 0 bridgehead atoms. The third-order valence-electron chi connectivity index (χ3n) is 2.44. The second-order valence-corrected chi connectivity index (χ2v) is 4.83. The first-order valence-electron chi connectivity index (χ1n) is 5.32. The van der Waals surface area contributed by atoms with Crippen molar-refractivity contribution in [2.24, 2.45) is 0 Å². The molecule has 0 aliphatic rings. The van der Waals surface area contributed by atoms with Crippen molar-refractivity contribution >= 4 is 28.3 Å². The van der Waals surface area contributed by atoms with Crippen molar-refractivity contribution in [3.8, 4) is 5.75 Å². The molecule has 2 aromatic rings. The van der Waals surface area contributed by atoms with E-state index in [1.54, 1.807) is 7.11 Å². The lowest BCUT2D eigenvalue weighted by molar-refractivity contribution is 0.415. The van der Waals surface area contributed by atoms with Crippen LogP contribution in [0.2, 0.25) is 0 Å². The van der Waals surface area contributed by atoms with Crippen molar-refractivity contribution < 1.29 is 9.15 Å². The Kier molecular flexibility index (Phi) is 3.93. The fraction of sp³-hybridized carbons (Fsp3) is 0.231. The minimum atomic E-state index is 0.655. The van der Waals surface area contributed by atoms with Crippen LogP contribution < -0.4 is 10.1 Å². The second kappa shape index (κ2) is 5.44. The lowest BCUT2D eigenvalue weighted by Crippen LogP contribution is -2.00.